The average Bonchev–Trinajstić information content (AvgIpc) is 3.47. The summed E-state index contributed by atoms with van der Waals surface area (Å²) in [5, 5.41) is 3.32. The monoisotopic (exact) mass is 551 g/mol. The maximum absolute atomic E-state index is 6.97. The number of aromatic nitrogens is 1. The highest BCUT2D eigenvalue weighted by molar-refractivity contribution is 8.03. The molecule has 1 aliphatic carbocycles. The fourth-order valence-corrected chi connectivity index (χ4v) is 7.40. The van der Waals surface area contributed by atoms with E-state index in [1.165, 1.54) is 42.0 Å². The summed E-state index contributed by atoms with van der Waals surface area (Å²) >= 11 is 10.6. The Morgan fingerprint density at radius 2 is 1.78 bits per heavy atom. The predicted octanol–water partition coefficient (Wildman–Crippen LogP) is 8.32. The van der Waals surface area contributed by atoms with Crippen LogP contribution in [0.5, 0.6) is 11.5 Å². The number of halogens is 1. The van der Waals surface area contributed by atoms with E-state index >= 15 is 0 Å². The smallest absolute Gasteiger partial charge is 0.262 e. The minimum absolute atomic E-state index is 0.884. The van der Waals surface area contributed by atoms with E-state index in [9.17, 15) is 0 Å². The molecule has 0 bridgehead atoms. The molecule has 0 unspecified atom stereocenters. The number of thiazole rings is 1. The predicted molar refractivity (Wildman–Crippen MR) is 158 cm³/mol. The Kier molecular flexibility index (Phi) is 7.98. The van der Waals surface area contributed by atoms with Gasteiger partial charge in [-0.05, 0) is 74.6 Å². The van der Waals surface area contributed by atoms with Gasteiger partial charge in [0.2, 0.25) is 5.52 Å². The van der Waals surface area contributed by atoms with Gasteiger partial charge in [-0.15, -0.1) is 0 Å². The molecule has 3 aromatic rings. The summed E-state index contributed by atoms with van der Waals surface area (Å²) in [4.78, 5) is 3.59. The van der Waals surface area contributed by atoms with Crippen LogP contribution in [-0.2, 0) is 6.54 Å². The minimum Gasteiger partial charge on any atom is -0.497 e. The molecule has 2 aliphatic rings. The van der Waals surface area contributed by atoms with E-state index in [2.05, 4.69) is 71.9 Å². The first-order chi connectivity index (χ1) is 18.1. The normalized spacial score (nSPS) is 18.0. The number of rotatable bonds is 7. The van der Waals surface area contributed by atoms with E-state index in [0.29, 0.717) is 0 Å². The van der Waals surface area contributed by atoms with Gasteiger partial charge >= 0.3 is 0 Å². The summed E-state index contributed by atoms with van der Waals surface area (Å²) in [5.41, 5.74) is 4.82. The van der Waals surface area contributed by atoms with Crippen LogP contribution in [0.4, 0.5) is 5.69 Å². The lowest BCUT2D eigenvalue weighted by molar-refractivity contribution is -0.665. The van der Waals surface area contributed by atoms with Crippen LogP contribution in [0.15, 0.2) is 80.7 Å². The Morgan fingerprint density at radius 3 is 2.54 bits per heavy atom. The number of benzene rings is 2. The number of anilines is 1. The lowest BCUT2D eigenvalue weighted by atomic mass is 9.94. The van der Waals surface area contributed by atoms with Crippen molar-refractivity contribution >= 4 is 56.7 Å². The summed E-state index contributed by atoms with van der Waals surface area (Å²) in [6, 6.07) is 12.5. The fraction of sp³-hybridized carbons (Fsp3) is 0.300. The van der Waals surface area contributed by atoms with Crippen molar-refractivity contribution in [2.45, 2.75) is 44.6 Å². The maximum Gasteiger partial charge on any atom is 0.262 e. The van der Waals surface area contributed by atoms with Crippen LogP contribution in [0.25, 0.3) is 16.3 Å². The van der Waals surface area contributed by atoms with Crippen molar-refractivity contribution in [1.82, 2.24) is 0 Å². The first kappa shape index (κ1) is 26.0. The number of nitrogens with zero attached hydrogens (tertiary/aromatic N) is 2. The van der Waals surface area contributed by atoms with Gasteiger partial charge in [0, 0.05) is 28.6 Å². The van der Waals surface area contributed by atoms with E-state index in [1.54, 1.807) is 37.3 Å². The summed E-state index contributed by atoms with van der Waals surface area (Å²) in [5.74, 6) is 1.77. The van der Waals surface area contributed by atoms with Crippen LogP contribution in [0.3, 0.4) is 0 Å². The molecule has 1 aliphatic heterocycles. The molecular weight excluding hydrogens is 520 g/mol. The molecule has 1 aromatic heterocycles. The summed E-state index contributed by atoms with van der Waals surface area (Å²) in [6.07, 6.45) is 11.9. The van der Waals surface area contributed by atoms with Gasteiger partial charge in [-0.2, -0.15) is 4.57 Å². The van der Waals surface area contributed by atoms with E-state index in [1.807, 2.05) is 12.1 Å². The van der Waals surface area contributed by atoms with Gasteiger partial charge in [-0.3, -0.25) is 0 Å². The van der Waals surface area contributed by atoms with Crippen molar-refractivity contribution in [2.75, 3.05) is 25.7 Å². The standard InChI is InChI=1S/C30H32ClN2O2S2/c1-5-32-24-18-22(34-3)12-14-26(24)36-28(32)16-10-20-8-7-9-21(30(20)31)11-17-29-33(6-2)25-19-23(35-4)13-15-27(25)37-29/h10-19H,5-9H2,1-4H3/q+1. The van der Waals surface area contributed by atoms with E-state index in [4.69, 9.17) is 21.1 Å². The number of methoxy groups -OCH3 is 2. The Balaban J connectivity index is 1.41. The second-order valence-corrected chi connectivity index (χ2v) is 11.4. The molecule has 7 heteroatoms. The molecule has 2 heterocycles. The Labute approximate surface area is 232 Å². The van der Waals surface area contributed by atoms with Crippen LogP contribution < -0.4 is 18.9 Å². The number of thioether (sulfide) groups is 1. The molecular formula is C30H32ClN2O2S2+. The van der Waals surface area contributed by atoms with E-state index in [0.717, 1.165) is 48.9 Å². The summed E-state index contributed by atoms with van der Waals surface area (Å²) < 4.78 is 14.5. The minimum atomic E-state index is 0.884. The van der Waals surface area contributed by atoms with Crippen molar-refractivity contribution in [3.8, 4) is 11.5 Å². The van der Waals surface area contributed by atoms with Gasteiger partial charge in [0.25, 0.3) is 5.01 Å². The van der Waals surface area contributed by atoms with E-state index in [-0.39, 0.29) is 0 Å². The molecule has 0 fully saturated rings. The zero-order valence-electron chi connectivity index (χ0n) is 21.7. The Morgan fingerprint density at radius 1 is 1.00 bits per heavy atom. The zero-order chi connectivity index (χ0) is 25.9. The van der Waals surface area contributed by atoms with Gasteiger partial charge in [0.05, 0.1) is 31.0 Å². The number of hydrogen-bond donors (Lipinski definition) is 0. The molecule has 4 nitrogen and oxygen atoms in total. The Hall–Kier alpha value is -2.67. The molecule has 0 N–H and O–H groups in total. The number of fused-ring (bicyclic) bond motifs is 2. The second-order valence-electron chi connectivity index (χ2n) is 8.92. The largest absolute Gasteiger partial charge is 0.497 e. The lowest BCUT2D eigenvalue weighted by Crippen LogP contribution is -2.33. The van der Waals surface area contributed by atoms with Crippen molar-refractivity contribution in [3.63, 3.8) is 0 Å². The first-order valence-corrected chi connectivity index (χ1v) is 14.7. The second kappa shape index (κ2) is 11.4. The van der Waals surface area contributed by atoms with Crippen molar-refractivity contribution < 1.29 is 14.0 Å². The third-order valence-corrected chi connectivity index (χ3v) is 9.56. The molecule has 0 spiro atoms. The molecule has 2 aromatic carbocycles. The highest BCUT2D eigenvalue weighted by Crippen LogP contribution is 2.47. The van der Waals surface area contributed by atoms with Gasteiger partial charge in [0.15, 0.2) is 0 Å². The SMILES string of the molecule is CCN1/C(=C/C=C2\CCCC(/C=C/c3sc4ccc(OC)cc4[n+]3CC)=C2Cl)Sc2ccc(OC)cc21. The van der Waals surface area contributed by atoms with Crippen LogP contribution in [-0.4, -0.2) is 20.8 Å². The van der Waals surface area contributed by atoms with Gasteiger partial charge in [0.1, 0.15) is 22.7 Å². The molecule has 0 radical (unpaired) electrons. The van der Waals surface area contributed by atoms with Gasteiger partial charge in [-0.25, -0.2) is 0 Å². The van der Waals surface area contributed by atoms with Crippen molar-refractivity contribution in [1.29, 1.82) is 0 Å². The molecule has 0 saturated carbocycles. The molecule has 192 valence electrons. The Bertz CT molecular complexity index is 1450. The number of allylic oxidation sites excluding steroid dienone is 6. The van der Waals surface area contributed by atoms with Crippen molar-refractivity contribution in [2.24, 2.45) is 0 Å². The lowest BCUT2D eigenvalue weighted by Gasteiger charge is -2.19. The molecule has 0 amide bonds. The highest BCUT2D eigenvalue weighted by atomic mass is 35.5. The van der Waals surface area contributed by atoms with Gasteiger partial charge < -0.3 is 14.4 Å². The van der Waals surface area contributed by atoms with E-state index < -0.39 is 0 Å². The quantitative estimate of drug-likeness (QED) is 0.276. The molecule has 37 heavy (non-hydrogen) atoms. The van der Waals surface area contributed by atoms with Crippen LogP contribution in [0.1, 0.15) is 38.1 Å². The first-order valence-electron chi connectivity index (χ1n) is 12.7. The third kappa shape index (κ3) is 5.20. The zero-order valence-corrected chi connectivity index (χ0v) is 24.1. The van der Waals surface area contributed by atoms with Crippen LogP contribution in [0.2, 0.25) is 0 Å². The highest BCUT2D eigenvalue weighted by Gasteiger charge is 2.24. The number of ether oxygens (including phenoxy) is 2. The third-order valence-electron chi connectivity index (χ3n) is 6.82. The van der Waals surface area contributed by atoms with Gasteiger partial charge in [-0.1, -0.05) is 46.9 Å². The average molecular weight is 552 g/mol. The van der Waals surface area contributed by atoms with Crippen molar-refractivity contribution in [3.05, 3.63) is 80.8 Å². The van der Waals surface area contributed by atoms with Crippen LogP contribution in [0, 0.1) is 0 Å². The number of aryl methyl sites for hydroxylation is 1. The number of hydrogen-bond acceptors (Lipinski definition) is 5. The molecule has 5 rings (SSSR count). The maximum atomic E-state index is 6.97. The topological polar surface area (TPSA) is 25.6 Å². The fourth-order valence-electron chi connectivity index (χ4n) is 4.87. The molecule has 0 saturated heterocycles. The van der Waals surface area contributed by atoms with Crippen LogP contribution >= 0.6 is 34.7 Å². The molecule has 0 atom stereocenters. The summed E-state index contributed by atoms with van der Waals surface area (Å²) in [6.45, 7) is 6.16. The summed E-state index contributed by atoms with van der Waals surface area (Å²) in [7, 11) is 3.43.